The number of para-hydroxylation sites is 1. The normalized spacial score (nSPS) is 11.4. The average molecular weight is 677 g/mol. The number of imidazole rings is 1. The second-order valence-electron chi connectivity index (χ2n) is 13.3. The minimum atomic E-state index is 0.694. The minimum absolute atomic E-state index is 0.694. The van der Waals surface area contributed by atoms with Gasteiger partial charge in [0.15, 0.2) is 5.82 Å². The van der Waals surface area contributed by atoms with E-state index in [2.05, 4.69) is 174 Å². The van der Waals surface area contributed by atoms with Crippen molar-refractivity contribution >= 4 is 27.3 Å². The Hall–Kier alpha value is -7.17. The maximum Gasteiger partial charge on any atom is 0.160 e. The zero-order chi connectivity index (χ0) is 35.1. The van der Waals surface area contributed by atoms with Crippen LogP contribution in [0.1, 0.15) is 0 Å². The number of rotatable bonds is 6. The Labute approximate surface area is 307 Å². The average Bonchev–Trinajstić information content (AvgIpc) is 3.63. The highest BCUT2D eigenvalue weighted by molar-refractivity contribution is 5.99. The van der Waals surface area contributed by atoms with Crippen LogP contribution in [-0.4, -0.2) is 19.4 Å². The third kappa shape index (κ3) is 5.54. The molecule has 0 bridgehead atoms. The minimum Gasteiger partial charge on any atom is -0.299 e. The molecule has 0 spiro atoms. The molecule has 0 fully saturated rings. The summed E-state index contributed by atoms with van der Waals surface area (Å²) in [5, 5.41) is 3.44. The van der Waals surface area contributed by atoms with E-state index in [1.165, 1.54) is 16.3 Å². The molecule has 0 aliphatic rings. The quantitative estimate of drug-likeness (QED) is 0.176. The molecule has 53 heavy (non-hydrogen) atoms. The fraction of sp³-hybridized carbons (Fsp3) is 0. The van der Waals surface area contributed by atoms with Gasteiger partial charge in [-0.2, -0.15) is 0 Å². The van der Waals surface area contributed by atoms with E-state index in [0.29, 0.717) is 5.82 Å². The first-order chi connectivity index (χ1) is 26.3. The summed E-state index contributed by atoms with van der Waals surface area (Å²) in [7, 11) is 0. The maximum atomic E-state index is 5.26. The van der Waals surface area contributed by atoms with Crippen molar-refractivity contribution in [3.05, 3.63) is 194 Å². The molecule has 0 unspecified atom stereocenters. The van der Waals surface area contributed by atoms with E-state index in [-0.39, 0.29) is 0 Å². The SMILES string of the molecule is c1ccc(-c2nc(-c3cc(-c4ccc(-c5nc6ccccn6c5-c5ccccc5)cc4)cc(-c4cccc5ccccc45)c3)nc3ccccc23)cc1. The Bertz CT molecular complexity index is 2920. The van der Waals surface area contributed by atoms with Gasteiger partial charge in [-0.1, -0.05) is 152 Å². The predicted octanol–water partition coefficient (Wildman–Crippen LogP) is 12.4. The maximum absolute atomic E-state index is 5.26. The second kappa shape index (κ2) is 12.9. The van der Waals surface area contributed by atoms with Gasteiger partial charge >= 0.3 is 0 Å². The topological polar surface area (TPSA) is 43.1 Å². The summed E-state index contributed by atoms with van der Waals surface area (Å²) in [5.41, 5.74) is 13.5. The van der Waals surface area contributed by atoms with E-state index in [1.807, 2.05) is 24.3 Å². The van der Waals surface area contributed by atoms with Crippen LogP contribution in [0.25, 0.3) is 94.7 Å². The van der Waals surface area contributed by atoms with Gasteiger partial charge in [-0.25, -0.2) is 15.0 Å². The largest absolute Gasteiger partial charge is 0.299 e. The van der Waals surface area contributed by atoms with E-state index < -0.39 is 0 Å². The van der Waals surface area contributed by atoms with Crippen LogP contribution >= 0.6 is 0 Å². The lowest BCUT2D eigenvalue weighted by Crippen LogP contribution is -1.96. The molecule has 0 atom stereocenters. The zero-order valence-corrected chi connectivity index (χ0v) is 28.8. The standard InChI is InChI=1S/C49H32N4/c1-3-15-35(16-4-1)46-43-21-9-10-23-44(43)50-49(52-46)40-31-38(30-39(32-40)42-22-13-19-34-14-7-8-20-41(34)42)33-25-27-36(28-26-33)47-48(37-17-5-2-6-18-37)53-29-12-11-24-45(53)51-47/h1-32H. The molecule has 4 nitrogen and oxygen atoms in total. The van der Waals surface area contributed by atoms with Gasteiger partial charge < -0.3 is 0 Å². The van der Waals surface area contributed by atoms with Crippen LogP contribution in [0.4, 0.5) is 0 Å². The molecule has 10 rings (SSSR count). The highest BCUT2D eigenvalue weighted by Crippen LogP contribution is 2.38. The molecule has 248 valence electrons. The number of hydrogen-bond donors (Lipinski definition) is 0. The van der Waals surface area contributed by atoms with Crippen LogP contribution in [0.2, 0.25) is 0 Å². The van der Waals surface area contributed by atoms with E-state index in [9.17, 15) is 0 Å². The molecule has 0 aliphatic carbocycles. The Morgan fingerprint density at radius 2 is 0.981 bits per heavy atom. The molecule has 7 aromatic carbocycles. The predicted molar refractivity (Wildman–Crippen MR) is 218 cm³/mol. The molecule has 0 aliphatic heterocycles. The first-order valence-electron chi connectivity index (χ1n) is 17.9. The van der Waals surface area contributed by atoms with Crippen molar-refractivity contribution < 1.29 is 0 Å². The van der Waals surface area contributed by atoms with E-state index in [4.69, 9.17) is 15.0 Å². The van der Waals surface area contributed by atoms with Crippen LogP contribution in [0.15, 0.2) is 194 Å². The number of benzene rings is 7. The number of hydrogen-bond acceptors (Lipinski definition) is 3. The van der Waals surface area contributed by atoms with Gasteiger partial charge in [-0.05, 0) is 69.4 Å². The lowest BCUT2D eigenvalue weighted by Gasteiger charge is -2.14. The Balaban J connectivity index is 1.15. The molecular formula is C49H32N4. The molecule has 0 saturated heterocycles. The van der Waals surface area contributed by atoms with Crippen molar-refractivity contribution in [2.45, 2.75) is 0 Å². The smallest absolute Gasteiger partial charge is 0.160 e. The van der Waals surface area contributed by atoms with Gasteiger partial charge in [0.05, 0.1) is 22.6 Å². The van der Waals surface area contributed by atoms with Gasteiger partial charge in [0.1, 0.15) is 5.65 Å². The van der Waals surface area contributed by atoms with Crippen LogP contribution in [-0.2, 0) is 0 Å². The van der Waals surface area contributed by atoms with E-state index >= 15 is 0 Å². The fourth-order valence-electron chi connectivity index (χ4n) is 7.47. The third-order valence-electron chi connectivity index (χ3n) is 10.0. The van der Waals surface area contributed by atoms with Crippen molar-refractivity contribution in [2.24, 2.45) is 0 Å². The highest BCUT2D eigenvalue weighted by atomic mass is 15.0. The summed E-state index contributed by atoms with van der Waals surface area (Å²) in [6, 6.07) is 65.9. The molecule has 3 aromatic heterocycles. The molecule has 0 radical (unpaired) electrons. The van der Waals surface area contributed by atoms with E-state index in [0.717, 1.165) is 72.6 Å². The van der Waals surface area contributed by atoms with Crippen LogP contribution in [0, 0.1) is 0 Å². The first kappa shape index (κ1) is 30.6. The van der Waals surface area contributed by atoms with E-state index in [1.54, 1.807) is 0 Å². The molecule has 0 amide bonds. The lowest BCUT2D eigenvalue weighted by molar-refractivity contribution is 1.19. The molecular weight excluding hydrogens is 645 g/mol. The number of aromatic nitrogens is 4. The Morgan fingerprint density at radius 3 is 1.81 bits per heavy atom. The zero-order valence-electron chi connectivity index (χ0n) is 28.8. The molecule has 3 heterocycles. The van der Waals surface area contributed by atoms with Gasteiger partial charge in [-0.15, -0.1) is 0 Å². The van der Waals surface area contributed by atoms with Gasteiger partial charge in [0.2, 0.25) is 0 Å². The molecule has 10 aromatic rings. The van der Waals surface area contributed by atoms with Crippen molar-refractivity contribution in [3.63, 3.8) is 0 Å². The number of pyridine rings is 1. The van der Waals surface area contributed by atoms with Gasteiger partial charge in [-0.3, -0.25) is 4.40 Å². The van der Waals surface area contributed by atoms with Crippen molar-refractivity contribution in [3.8, 4) is 67.4 Å². The lowest BCUT2D eigenvalue weighted by atomic mass is 9.92. The monoisotopic (exact) mass is 676 g/mol. The summed E-state index contributed by atoms with van der Waals surface area (Å²) < 4.78 is 2.17. The molecule has 4 heteroatoms. The number of nitrogens with zero attached hydrogens (tertiary/aromatic N) is 4. The Morgan fingerprint density at radius 1 is 0.358 bits per heavy atom. The second-order valence-corrected chi connectivity index (χ2v) is 13.3. The Kier molecular flexibility index (Phi) is 7.43. The van der Waals surface area contributed by atoms with Gasteiger partial charge in [0, 0.05) is 33.8 Å². The van der Waals surface area contributed by atoms with Crippen molar-refractivity contribution in [1.29, 1.82) is 0 Å². The summed E-state index contributed by atoms with van der Waals surface area (Å²) in [6.45, 7) is 0. The van der Waals surface area contributed by atoms with Crippen molar-refractivity contribution in [2.75, 3.05) is 0 Å². The van der Waals surface area contributed by atoms with Gasteiger partial charge in [0.25, 0.3) is 0 Å². The van der Waals surface area contributed by atoms with Crippen LogP contribution in [0.5, 0.6) is 0 Å². The van der Waals surface area contributed by atoms with Crippen LogP contribution < -0.4 is 0 Å². The van der Waals surface area contributed by atoms with Crippen LogP contribution in [0.3, 0.4) is 0 Å². The summed E-state index contributed by atoms with van der Waals surface area (Å²) in [5.74, 6) is 0.694. The third-order valence-corrected chi connectivity index (χ3v) is 10.0. The number of fused-ring (bicyclic) bond motifs is 3. The molecule has 0 saturated carbocycles. The van der Waals surface area contributed by atoms with Crippen molar-refractivity contribution in [1.82, 2.24) is 19.4 Å². The summed E-state index contributed by atoms with van der Waals surface area (Å²) >= 11 is 0. The molecule has 0 N–H and O–H groups in total. The first-order valence-corrected chi connectivity index (χ1v) is 17.9. The highest BCUT2D eigenvalue weighted by Gasteiger charge is 2.18. The summed E-state index contributed by atoms with van der Waals surface area (Å²) in [4.78, 5) is 15.5. The summed E-state index contributed by atoms with van der Waals surface area (Å²) in [6.07, 6.45) is 2.08. The fourth-order valence-corrected chi connectivity index (χ4v) is 7.47.